The fourth-order valence-corrected chi connectivity index (χ4v) is 3.07. The Labute approximate surface area is 123 Å². The maximum atomic E-state index is 13.3. The molecular weight excluding hydrogens is 273 g/mol. The monoisotopic (exact) mass is 293 g/mol. The number of rotatable bonds is 2. The van der Waals surface area contributed by atoms with Crippen LogP contribution in [0.1, 0.15) is 31.2 Å². The SMILES string of the molecule is O=C(NC1CCC(O)CC1)C1COc2ccc(F)cc2C1. The highest BCUT2D eigenvalue weighted by molar-refractivity contribution is 5.79. The molecule has 5 heteroatoms. The summed E-state index contributed by atoms with van der Waals surface area (Å²) >= 11 is 0. The van der Waals surface area contributed by atoms with E-state index in [1.54, 1.807) is 6.07 Å². The number of nitrogens with one attached hydrogen (secondary N) is 1. The first-order chi connectivity index (χ1) is 10.1. The summed E-state index contributed by atoms with van der Waals surface area (Å²) in [6.07, 6.45) is 3.37. The number of fused-ring (bicyclic) bond motifs is 1. The molecule has 1 aliphatic heterocycles. The molecule has 3 rings (SSSR count). The maximum absolute atomic E-state index is 13.3. The van der Waals surface area contributed by atoms with Crippen LogP contribution < -0.4 is 10.1 Å². The number of hydrogen-bond acceptors (Lipinski definition) is 3. The van der Waals surface area contributed by atoms with Crippen molar-refractivity contribution in [1.29, 1.82) is 0 Å². The van der Waals surface area contributed by atoms with E-state index < -0.39 is 0 Å². The van der Waals surface area contributed by atoms with Gasteiger partial charge >= 0.3 is 0 Å². The highest BCUT2D eigenvalue weighted by Gasteiger charge is 2.29. The van der Waals surface area contributed by atoms with E-state index in [-0.39, 0.29) is 29.8 Å². The van der Waals surface area contributed by atoms with Crippen LogP contribution >= 0.6 is 0 Å². The highest BCUT2D eigenvalue weighted by Crippen LogP contribution is 2.28. The number of halogens is 1. The molecule has 1 aromatic rings. The number of carbonyl (C=O) groups is 1. The van der Waals surface area contributed by atoms with Gasteiger partial charge in [-0.2, -0.15) is 0 Å². The number of aliphatic hydroxyl groups is 1. The van der Waals surface area contributed by atoms with Crippen molar-refractivity contribution in [3.63, 3.8) is 0 Å². The molecule has 1 amide bonds. The molecule has 1 unspecified atom stereocenters. The second kappa shape index (κ2) is 6.02. The lowest BCUT2D eigenvalue weighted by Gasteiger charge is -2.29. The van der Waals surface area contributed by atoms with Gasteiger partial charge in [0.05, 0.1) is 12.0 Å². The third kappa shape index (κ3) is 3.35. The Morgan fingerprint density at radius 3 is 2.81 bits per heavy atom. The number of carbonyl (C=O) groups excluding carboxylic acids is 1. The van der Waals surface area contributed by atoms with Crippen LogP contribution in [0.4, 0.5) is 4.39 Å². The topological polar surface area (TPSA) is 58.6 Å². The molecule has 0 aromatic heterocycles. The third-order valence-corrected chi connectivity index (χ3v) is 4.34. The third-order valence-electron chi connectivity index (χ3n) is 4.34. The van der Waals surface area contributed by atoms with Crippen LogP contribution in [-0.2, 0) is 11.2 Å². The van der Waals surface area contributed by atoms with Crippen molar-refractivity contribution >= 4 is 5.91 Å². The molecule has 1 atom stereocenters. The van der Waals surface area contributed by atoms with Crippen molar-refractivity contribution in [3.05, 3.63) is 29.6 Å². The normalized spacial score (nSPS) is 28.4. The Bertz CT molecular complexity index is 526. The van der Waals surface area contributed by atoms with E-state index in [1.807, 2.05) is 0 Å². The van der Waals surface area contributed by atoms with Gasteiger partial charge in [0, 0.05) is 6.04 Å². The lowest BCUT2D eigenvalue weighted by Crippen LogP contribution is -2.44. The Morgan fingerprint density at radius 1 is 1.29 bits per heavy atom. The zero-order chi connectivity index (χ0) is 14.8. The van der Waals surface area contributed by atoms with Gasteiger partial charge < -0.3 is 15.2 Å². The largest absolute Gasteiger partial charge is 0.492 e. The molecule has 21 heavy (non-hydrogen) atoms. The summed E-state index contributed by atoms with van der Waals surface area (Å²) in [7, 11) is 0. The predicted molar refractivity (Wildman–Crippen MR) is 75.5 cm³/mol. The van der Waals surface area contributed by atoms with Crippen molar-refractivity contribution in [1.82, 2.24) is 5.32 Å². The standard InChI is InChI=1S/C16H20FNO3/c17-12-1-6-15-10(8-12)7-11(9-21-15)16(20)18-13-2-4-14(19)5-3-13/h1,6,8,11,13-14,19H,2-5,7,9H2,(H,18,20). The number of hydrogen-bond donors (Lipinski definition) is 2. The summed E-state index contributed by atoms with van der Waals surface area (Å²) in [6, 6.07) is 4.55. The Hall–Kier alpha value is -1.62. The van der Waals surface area contributed by atoms with Crippen molar-refractivity contribution in [2.45, 2.75) is 44.2 Å². The second-order valence-electron chi connectivity index (χ2n) is 5.98. The average Bonchev–Trinajstić information content (AvgIpc) is 2.48. The first kappa shape index (κ1) is 14.3. The molecule has 2 N–H and O–H groups in total. The second-order valence-corrected chi connectivity index (χ2v) is 5.98. The zero-order valence-corrected chi connectivity index (χ0v) is 11.8. The smallest absolute Gasteiger partial charge is 0.227 e. The summed E-state index contributed by atoms with van der Waals surface area (Å²) in [5.41, 5.74) is 0.750. The van der Waals surface area contributed by atoms with Gasteiger partial charge in [0.25, 0.3) is 0 Å². The van der Waals surface area contributed by atoms with Crippen LogP contribution in [0, 0.1) is 11.7 Å². The van der Waals surface area contributed by atoms with Gasteiger partial charge in [-0.3, -0.25) is 4.79 Å². The summed E-state index contributed by atoms with van der Waals surface area (Å²) in [5, 5.41) is 12.5. The van der Waals surface area contributed by atoms with Crippen LogP contribution in [-0.4, -0.2) is 29.8 Å². The van der Waals surface area contributed by atoms with E-state index in [0.717, 1.165) is 31.2 Å². The van der Waals surface area contributed by atoms with Gasteiger partial charge in [0.2, 0.25) is 5.91 Å². The highest BCUT2D eigenvalue weighted by atomic mass is 19.1. The molecule has 1 aromatic carbocycles. The van der Waals surface area contributed by atoms with Gasteiger partial charge in [0.15, 0.2) is 0 Å². The molecule has 114 valence electrons. The molecule has 0 saturated heterocycles. The predicted octanol–water partition coefficient (Wildman–Crippen LogP) is 1.80. The summed E-state index contributed by atoms with van der Waals surface area (Å²) in [4.78, 5) is 12.3. The van der Waals surface area contributed by atoms with Gasteiger partial charge in [-0.15, -0.1) is 0 Å². The minimum atomic E-state index is -0.306. The van der Waals surface area contributed by atoms with Gasteiger partial charge in [-0.1, -0.05) is 0 Å². The van der Waals surface area contributed by atoms with Gasteiger partial charge in [-0.05, 0) is 55.9 Å². The van der Waals surface area contributed by atoms with Crippen molar-refractivity contribution < 1.29 is 19.0 Å². The number of ether oxygens (including phenoxy) is 1. The molecule has 2 aliphatic rings. The molecule has 1 aliphatic carbocycles. The zero-order valence-electron chi connectivity index (χ0n) is 11.8. The van der Waals surface area contributed by atoms with Crippen LogP contribution in [0.5, 0.6) is 5.75 Å². The minimum absolute atomic E-state index is 0.0358. The van der Waals surface area contributed by atoms with Crippen molar-refractivity contribution in [2.24, 2.45) is 5.92 Å². The van der Waals surface area contributed by atoms with Crippen LogP contribution in [0.25, 0.3) is 0 Å². The fourth-order valence-electron chi connectivity index (χ4n) is 3.07. The Kier molecular flexibility index (Phi) is 4.10. The molecule has 1 saturated carbocycles. The van der Waals surface area contributed by atoms with E-state index in [4.69, 9.17) is 4.74 Å². The molecule has 4 nitrogen and oxygen atoms in total. The minimum Gasteiger partial charge on any atom is -0.492 e. The van der Waals surface area contributed by atoms with Gasteiger partial charge in [0.1, 0.15) is 18.2 Å². The molecule has 1 heterocycles. The average molecular weight is 293 g/mol. The van der Waals surface area contributed by atoms with Crippen LogP contribution in [0.2, 0.25) is 0 Å². The number of amides is 1. The number of benzene rings is 1. The molecular formula is C16H20FNO3. The summed E-state index contributed by atoms with van der Waals surface area (Å²) in [6.45, 7) is 0.333. The Balaban J connectivity index is 1.59. The first-order valence-corrected chi connectivity index (χ1v) is 7.51. The lowest BCUT2D eigenvalue weighted by atomic mass is 9.91. The maximum Gasteiger partial charge on any atom is 0.227 e. The quantitative estimate of drug-likeness (QED) is 0.874. The molecule has 0 radical (unpaired) electrons. The fraction of sp³-hybridized carbons (Fsp3) is 0.562. The summed E-state index contributed by atoms with van der Waals surface area (Å²) < 4.78 is 18.8. The van der Waals surface area contributed by atoms with Gasteiger partial charge in [-0.25, -0.2) is 4.39 Å². The van der Waals surface area contributed by atoms with E-state index in [1.165, 1.54) is 12.1 Å². The molecule has 0 spiro atoms. The van der Waals surface area contributed by atoms with Crippen molar-refractivity contribution in [3.8, 4) is 5.75 Å². The van der Waals surface area contributed by atoms with E-state index in [9.17, 15) is 14.3 Å². The molecule has 0 bridgehead atoms. The first-order valence-electron chi connectivity index (χ1n) is 7.51. The Morgan fingerprint density at radius 2 is 2.05 bits per heavy atom. The van der Waals surface area contributed by atoms with Crippen molar-refractivity contribution in [2.75, 3.05) is 6.61 Å². The van der Waals surface area contributed by atoms with E-state index in [0.29, 0.717) is 18.8 Å². The van der Waals surface area contributed by atoms with Crippen LogP contribution in [0.3, 0.4) is 0 Å². The molecule has 1 fully saturated rings. The van der Waals surface area contributed by atoms with Crippen LogP contribution in [0.15, 0.2) is 18.2 Å². The lowest BCUT2D eigenvalue weighted by molar-refractivity contribution is -0.127. The van der Waals surface area contributed by atoms with E-state index in [2.05, 4.69) is 5.32 Å². The number of aliphatic hydroxyl groups excluding tert-OH is 1. The summed E-state index contributed by atoms with van der Waals surface area (Å²) in [5.74, 6) is 0.0540. The van der Waals surface area contributed by atoms with E-state index >= 15 is 0 Å².